The van der Waals surface area contributed by atoms with Crippen molar-refractivity contribution in [3.8, 4) is 0 Å². The van der Waals surface area contributed by atoms with Gasteiger partial charge in [-0.15, -0.1) is 0 Å². The van der Waals surface area contributed by atoms with Gasteiger partial charge in [0.15, 0.2) is 0 Å². The molecule has 0 bridgehead atoms. The summed E-state index contributed by atoms with van der Waals surface area (Å²) < 4.78 is 136. The van der Waals surface area contributed by atoms with Crippen molar-refractivity contribution in [1.82, 2.24) is 0 Å². The van der Waals surface area contributed by atoms with Crippen molar-refractivity contribution in [3.05, 3.63) is 0 Å². The number of hydrogen-bond acceptors (Lipinski definition) is 4. The minimum atomic E-state index is -5.40. The van der Waals surface area contributed by atoms with E-state index in [1.807, 2.05) is 0 Å². The Morgan fingerprint density at radius 1 is 0.414 bits per heavy atom. The third-order valence-corrected chi connectivity index (χ3v) is 1.91. The average Bonchev–Trinajstić information content (AvgIpc) is 2.34. The van der Waals surface area contributed by atoms with Crippen LogP contribution in [-0.2, 0) is 36.0 Å². The zero-order valence-electron chi connectivity index (χ0n) is 12.9. The van der Waals surface area contributed by atoms with E-state index in [0.717, 1.165) is 0 Å². The van der Waals surface area contributed by atoms with Crippen molar-refractivity contribution in [2.24, 2.45) is 0 Å². The van der Waals surface area contributed by atoms with Crippen LogP contribution in [0, 0.1) is 0 Å². The Kier molecular flexibility index (Phi) is 16.7. The third kappa shape index (κ3) is 16.9. The van der Waals surface area contributed by atoms with Crippen molar-refractivity contribution in [2.75, 3.05) is 0 Å². The maximum absolute atomic E-state index is 11.3. The van der Waals surface area contributed by atoms with E-state index in [1.165, 1.54) is 0 Å². The summed E-state index contributed by atoms with van der Waals surface area (Å²) in [6, 6.07) is 0. The number of hydrogen-bond donors (Lipinski definition) is 0. The molecule has 0 unspecified atom stereocenters. The number of rotatable bonds is 4. The van der Waals surface area contributed by atoms with Gasteiger partial charge in [0.1, 0.15) is 0 Å². The second-order valence-corrected chi connectivity index (χ2v) is 4.04. The van der Waals surface area contributed by atoms with Crippen LogP contribution < -0.4 is 0 Å². The molecule has 29 heavy (non-hydrogen) atoms. The Bertz CT molecular complexity index is 461. The van der Waals surface area contributed by atoms with Gasteiger partial charge >= 0.3 is 24.7 Å². The minimum Gasteiger partial charge on any atom is -0.412 e. The van der Waals surface area contributed by atoms with Gasteiger partial charge in [-0.1, -0.05) is 0 Å². The molecule has 0 saturated heterocycles. The second kappa shape index (κ2) is 12.7. The summed E-state index contributed by atoms with van der Waals surface area (Å²) in [4.78, 5) is 39.5. The van der Waals surface area contributed by atoms with Gasteiger partial charge in [-0.25, -0.2) is 0 Å². The molecule has 0 rings (SSSR count). The average molecular weight is 511 g/mol. The Labute approximate surface area is 161 Å². The van der Waals surface area contributed by atoms with Crippen molar-refractivity contribution >= 4 is 23.1 Å². The molecule has 1 radical (unpaired) electrons. The van der Waals surface area contributed by atoms with E-state index in [0.29, 0.717) is 0 Å². The molecule has 0 aromatic carbocycles. The minimum absolute atomic E-state index is 0. The topological polar surface area (TPSA) is 131 Å². The molecule has 0 spiro atoms. The van der Waals surface area contributed by atoms with Gasteiger partial charge in [0.25, 0.3) is 0 Å². The molecular weight excluding hydrogens is 503 g/mol. The standard InChI is InChI=1S/2C5H2F6O2.Co.2H2O/c2*6-4(7,8)2(12)1-3(13)5(9,10)11;;;/h2*1H2;;2*1H2. The van der Waals surface area contributed by atoms with E-state index in [1.54, 1.807) is 0 Å². The van der Waals surface area contributed by atoms with Crippen LogP contribution in [0.3, 0.4) is 0 Å². The van der Waals surface area contributed by atoms with E-state index in [9.17, 15) is 71.9 Å². The number of carbonyl (C=O) groups is 4. The summed E-state index contributed by atoms with van der Waals surface area (Å²) in [6.45, 7) is 0. The largest absolute Gasteiger partial charge is 0.450 e. The maximum Gasteiger partial charge on any atom is 0.450 e. The first-order valence-electron chi connectivity index (χ1n) is 5.50. The number of ketones is 4. The zero-order valence-corrected chi connectivity index (χ0v) is 14.0. The smallest absolute Gasteiger partial charge is 0.412 e. The fourth-order valence-electron chi connectivity index (χ4n) is 0.693. The molecule has 0 amide bonds. The van der Waals surface area contributed by atoms with Crippen molar-refractivity contribution in [2.45, 2.75) is 37.5 Å². The summed E-state index contributed by atoms with van der Waals surface area (Å²) >= 11 is 0. The van der Waals surface area contributed by atoms with Gasteiger partial charge in [-0.05, 0) is 0 Å². The molecule has 6 nitrogen and oxygen atoms in total. The zero-order chi connectivity index (χ0) is 21.7. The summed E-state index contributed by atoms with van der Waals surface area (Å²) in [5.74, 6) is -10.8. The fraction of sp³-hybridized carbons (Fsp3) is 0.600. The Balaban J connectivity index is -0.000000120. The molecule has 0 heterocycles. The maximum atomic E-state index is 11.3. The van der Waals surface area contributed by atoms with Crippen LogP contribution in [0.5, 0.6) is 0 Å². The van der Waals surface area contributed by atoms with E-state index in [4.69, 9.17) is 0 Å². The molecule has 177 valence electrons. The van der Waals surface area contributed by atoms with Crippen LogP contribution in [0.4, 0.5) is 52.7 Å². The molecule has 0 aliphatic rings. The second-order valence-electron chi connectivity index (χ2n) is 4.04. The number of halogens is 12. The van der Waals surface area contributed by atoms with Crippen molar-refractivity contribution in [3.63, 3.8) is 0 Å². The van der Waals surface area contributed by atoms with Crippen LogP contribution in [0.15, 0.2) is 0 Å². The summed E-state index contributed by atoms with van der Waals surface area (Å²) in [6.07, 6.45) is -26.0. The van der Waals surface area contributed by atoms with Crippen LogP contribution in [-0.4, -0.2) is 58.8 Å². The summed E-state index contributed by atoms with van der Waals surface area (Å²) in [7, 11) is 0. The first-order chi connectivity index (χ1) is 11.1. The summed E-state index contributed by atoms with van der Waals surface area (Å²) in [5, 5.41) is 0. The molecule has 0 fully saturated rings. The Hall–Kier alpha value is -1.73. The predicted octanol–water partition coefficient (Wildman–Crippen LogP) is 1.63. The van der Waals surface area contributed by atoms with Crippen LogP contribution >= 0.6 is 0 Å². The van der Waals surface area contributed by atoms with Gasteiger partial charge in [-0.2, -0.15) is 52.7 Å². The fourth-order valence-corrected chi connectivity index (χ4v) is 0.693. The van der Waals surface area contributed by atoms with Gasteiger partial charge in [0.05, 0.1) is 12.8 Å². The molecule has 0 saturated carbocycles. The first-order valence-corrected chi connectivity index (χ1v) is 5.50. The molecule has 0 aromatic rings. The molecule has 0 aliphatic carbocycles. The molecule has 19 heteroatoms. The van der Waals surface area contributed by atoms with Crippen LogP contribution in [0.2, 0.25) is 0 Å². The van der Waals surface area contributed by atoms with E-state index in [2.05, 4.69) is 0 Å². The van der Waals surface area contributed by atoms with Gasteiger partial charge in [-0.3, -0.25) is 19.2 Å². The number of Topliss-reactive ketones (excluding diaryl/α,β-unsaturated/α-hetero) is 4. The van der Waals surface area contributed by atoms with Crippen molar-refractivity contribution in [1.29, 1.82) is 0 Å². The Morgan fingerprint density at radius 3 is 0.586 bits per heavy atom. The third-order valence-electron chi connectivity index (χ3n) is 1.91. The number of alkyl halides is 12. The van der Waals surface area contributed by atoms with Crippen LogP contribution in [0.25, 0.3) is 0 Å². The molecule has 0 aromatic heterocycles. The summed E-state index contributed by atoms with van der Waals surface area (Å²) in [5.41, 5.74) is 0. The van der Waals surface area contributed by atoms with Gasteiger partial charge < -0.3 is 11.0 Å². The molecule has 4 N–H and O–H groups in total. The Morgan fingerprint density at radius 2 is 0.517 bits per heavy atom. The number of carbonyl (C=O) groups excluding carboxylic acids is 4. The van der Waals surface area contributed by atoms with Crippen LogP contribution in [0.1, 0.15) is 12.8 Å². The first kappa shape index (κ1) is 37.9. The predicted molar refractivity (Wildman–Crippen MR) is 60.7 cm³/mol. The SMILES string of the molecule is O.O.O=C(CC(=O)C(F)(F)F)C(F)(F)F.O=C(CC(=O)C(F)(F)F)C(F)(F)F.[Co]. The van der Waals surface area contributed by atoms with E-state index >= 15 is 0 Å². The van der Waals surface area contributed by atoms with Gasteiger partial charge in [0, 0.05) is 16.8 Å². The molecule has 0 atom stereocenters. The molecule has 0 aliphatic heterocycles. The quantitative estimate of drug-likeness (QED) is 0.420. The molecular formula is C10H8CoF12O6. The van der Waals surface area contributed by atoms with Gasteiger partial charge in [0.2, 0.25) is 23.1 Å². The monoisotopic (exact) mass is 511 g/mol. The van der Waals surface area contributed by atoms with Crippen molar-refractivity contribution < 1.29 is 99.6 Å². The van der Waals surface area contributed by atoms with E-state index in [-0.39, 0.29) is 27.7 Å². The normalized spacial score (nSPS) is 11.4. The van der Waals surface area contributed by atoms with E-state index < -0.39 is 60.7 Å².